The van der Waals surface area contributed by atoms with Crippen molar-refractivity contribution in [3.05, 3.63) is 42.1 Å². The number of nitrogens with zero attached hydrogens (tertiary/aromatic N) is 3. The monoisotopic (exact) mass is 839 g/mol. The largest absolute Gasteiger partial charge is 0.458 e. The van der Waals surface area contributed by atoms with Crippen LogP contribution in [-0.4, -0.2) is 125 Å². The maximum absolute atomic E-state index is 14.7. The summed E-state index contributed by atoms with van der Waals surface area (Å²) in [5.74, 6) is -5.01. The predicted octanol–water partition coefficient (Wildman–Crippen LogP) is 6.05. The number of para-hydroxylation sites is 1. The normalized spacial score (nSPS) is 36.0. The van der Waals surface area contributed by atoms with Crippen molar-refractivity contribution in [3.63, 3.8) is 0 Å². The quantitative estimate of drug-likeness (QED) is 0.136. The first-order valence-electron chi connectivity index (χ1n) is 21.9. The standard InChI is InChI=1S/C46H70N4O10/c1-12-36-46(8)40(50(44(55)60-46)48-23-18-14-13-15-19-32-22-24-47-34-21-17-16-20-33(32)34)29(4)37(51)27(2)26-45(7,56-11)41(30(5)38(52)31(6)42(54)58-36)59-43-39(53)35(49(9)10)25-28(3)57-43/h16-17,20-22,24,27-31,35-36,39-41,43,48,53H,12-15,18-19,23,25-26H2,1-11H3/t27-,28-,29+,30+,31-,35+,36-,39-,40+,41-,43+,45-,46-/m1/s1. The summed E-state index contributed by atoms with van der Waals surface area (Å²) in [5.41, 5.74) is 2.85. The average Bonchev–Trinajstić information content (AvgIpc) is 3.49. The highest BCUT2D eigenvalue weighted by molar-refractivity contribution is 6.00. The number of ether oxygens (including phenoxy) is 5. The highest BCUT2D eigenvalue weighted by Gasteiger charge is 2.61. The molecule has 13 atom stereocenters. The molecule has 1 aromatic heterocycles. The first kappa shape index (κ1) is 47.5. The molecule has 3 fully saturated rings. The van der Waals surface area contributed by atoms with Gasteiger partial charge in [0.25, 0.3) is 0 Å². The molecular weight excluding hydrogens is 769 g/mol. The van der Waals surface area contributed by atoms with Gasteiger partial charge in [0.2, 0.25) is 0 Å². The van der Waals surface area contributed by atoms with Crippen molar-refractivity contribution in [2.24, 2.45) is 23.7 Å². The van der Waals surface area contributed by atoms with Crippen LogP contribution in [0.4, 0.5) is 4.79 Å². The summed E-state index contributed by atoms with van der Waals surface area (Å²) in [6.45, 7) is 14.4. The molecule has 0 aliphatic carbocycles. The topological polar surface area (TPSA) is 166 Å². The molecule has 2 N–H and O–H groups in total. The number of fused-ring (bicyclic) bond motifs is 2. The van der Waals surface area contributed by atoms with E-state index in [1.165, 1.54) is 30.0 Å². The second kappa shape index (κ2) is 20.1. The summed E-state index contributed by atoms with van der Waals surface area (Å²) in [5, 5.41) is 14.0. The Balaban J connectivity index is 1.37. The fourth-order valence-electron chi connectivity index (χ4n) is 9.90. The lowest BCUT2D eigenvalue weighted by atomic mass is 9.73. The number of amides is 1. The summed E-state index contributed by atoms with van der Waals surface area (Å²) in [7, 11) is 5.25. The van der Waals surface area contributed by atoms with Crippen molar-refractivity contribution in [2.75, 3.05) is 27.7 Å². The third kappa shape index (κ3) is 10.1. The molecular formula is C46H70N4O10. The third-order valence-electron chi connectivity index (χ3n) is 13.5. The number of aromatic nitrogens is 1. The van der Waals surface area contributed by atoms with Gasteiger partial charge in [-0.25, -0.2) is 15.2 Å². The van der Waals surface area contributed by atoms with E-state index < -0.39 is 83.4 Å². The Morgan fingerprint density at radius 1 is 0.967 bits per heavy atom. The van der Waals surface area contributed by atoms with E-state index in [9.17, 15) is 24.3 Å². The minimum atomic E-state index is -1.43. The summed E-state index contributed by atoms with van der Waals surface area (Å²) < 4.78 is 31.2. The van der Waals surface area contributed by atoms with Crippen LogP contribution < -0.4 is 5.43 Å². The zero-order valence-electron chi connectivity index (χ0n) is 37.6. The number of aliphatic hydroxyl groups excluding tert-OH is 1. The summed E-state index contributed by atoms with van der Waals surface area (Å²) in [4.78, 5) is 63.2. The van der Waals surface area contributed by atoms with Gasteiger partial charge >= 0.3 is 12.1 Å². The van der Waals surface area contributed by atoms with Gasteiger partial charge in [-0.1, -0.05) is 58.7 Å². The Hall–Kier alpha value is -3.53. The van der Waals surface area contributed by atoms with Crippen molar-refractivity contribution in [3.8, 4) is 0 Å². The number of carbonyl (C=O) groups is 4. The molecule has 3 aliphatic heterocycles. The minimum Gasteiger partial charge on any atom is -0.458 e. The van der Waals surface area contributed by atoms with Gasteiger partial charge in [-0.05, 0) is 98.0 Å². The van der Waals surface area contributed by atoms with Gasteiger partial charge in [0.05, 0.1) is 23.3 Å². The molecule has 1 aromatic carbocycles. The van der Waals surface area contributed by atoms with E-state index in [4.69, 9.17) is 23.7 Å². The lowest BCUT2D eigenvalue weighted by Gasteiger charge is -2.47. The summed E-state index contributed by atoms with van der Waals surface area (Å²) in [6.07, 6.45) is 2.33. The van der Waals surface area contributed by atoms with Crippen LogP contribution in [-0.2, 0) is 44.5 Å². The number of hydrogen-bond donors (Lipinski definition) is 2. The summed E-state index contributed by atoms with van der Waals surface area (Å²) in [6, 6.07) is 9.10. The van der Waals surface area contributed by atoms with Crippen molar-refractivity contribution in [2.45, 2.75) is 161 Å². The van der Waals surface area contributed by atoms with Crippen molar-refractivity contribution < 1.29 is 48.0 Å². The number of carbonyl (C=O) groups excluding carboxylic acids is 4. The number of unbranched alkanes of at least 4 members (excludes halogenated alkanes) is 3. The molecule has 60 heavy (non-hydrogen) atoms. The van der Waals surface area contributed by atoms with Gasteiger partial charge in [-0.15, -0.1) is 0 Å². The molecule has 0 radical (unpaired) electrons. The Kier molecular flexibility index (Phi) is 15.9. The number of aryl methyl sites for hydroxylation is 1. The zero-order valence-corrected chi connectivity index (χ0v) is 37.6. The number of nitrogens with one attached hydrogen (secondary N) is 1. The molecule has 14 nitrogen and oxygen atoms in total. The maximum atomic E-state index is 14.7. The minimum absolute atomic E-state index is 0.126. The Morgan fingerprint density at radius 2 is 1.67 bits per heavy atom. The molecule has 0 spiro atoms. The molecule has 14 heteroatoms. The maximum Gasteiger partial charge on any atom is 0.425 e. The van der Waals surface area contributed by atoms with E-state index in [0.717, 1.165) is 37.6 Å². The van der Waals surface area contributed by atoms with Crippen LogP contribution in [0.5, 0.6) is 0 Å². The van der Waals surface area contributed by atoms with Gasteiger partial charge in [0, 0.05) is 49.0 Å². The number of hydrazine groups is 1. The van der Waals surface area contributed by atoms with Gasteiger partial charge in [0.1, 0.15) is 30.0 Å². The van der Waals surface area contributed by atoms with Crippen molar-refractivity contribution in [1.29, 1.82) is 0 Å². The number of rotatable bonds is 13. The van der Waals surface area contributed by atoms with Gasteiger partial charge < -0.3 is 33.7 Å². The van der Waals surface area contributed by atoms with Crippen LogP contribution in [0.2, 0.25) is 0 Å². The van der Waals surface area contributed by atoms with Crippen molar-refractivity contribution in [1.82, 2.24) is 20.3 Å². The van der Waals surface area contributed by atoms with Gasteiger partial charge in [0.15, 0.2) is 17.7 Å². The van der Waals surface area contributed by atoms with Gasteiger partial charge in [-0.2, -0.15) is 0 Å². The SMILES string of the molecule is CC[C@H]1OC(=O)[C@H](C)C(=O)[C@H](C)[C@@H](O[C@@H]2O[C@H](C)C[C@H](N(C)C)[C@H]2O)[C@](C)(OC)C[C@@H](C)C(=O)[C@H](C)[C@@H]2N(NCCCCCCc3ccnc4ccccc34)C(=O)O[C@@]21C. The molecule has 0 bridgehead atoms. The van der Waals surface area contributed by atoms with Crippen LogP contribution in [0.1, 0.15) is 106 Å². The van der Waals surface area contributed by atoms with E-state index in [0.29, 0.717) is 13.0 Å². The smallest absolute Gasteiger partial charge is 0.425 e. The van der Waals surface area contributed by atoms with E-state index >= 15 is 0 Å². The first-order chi connectivity index (χ1) is 28.4. The number of ketones is 2. The van der Waals surface area contributed by atoms with Crippen LogP contribution in [0.3, 0.4) is 0 Å². The highest BCUT2D eigenvalue weighted by atomic mass is 16.7. The molecule has 2 aromatic rings. The predicted molar refractivity (Wildman–Crippen MR) is 227 cm³/mol. The number of esters is 1. The summed E-state index contributed by atoms with van der Waals surface area (Å²) >= 11 is 0. The lowest BCUT2D eigenvalue weighted by Crippen LogP contribution is -2.61. The molecule has 3 aliphatic rings. The number of benzene rings is 1. The number of likely N-dealkylation sites (N-methyl/N-ethyl adjacent to an activating group) is 1. The zero-order chi connectivity index (χ0) is 44.1. The second-order valence-electron chi connectivity index (χ2n) is 18.1. The van der Waals surface area contributed by atoms with Crippen LogP contribution >= 0.6 is 0 Å². The van der Waals surface area contributed by atoms with Crippen LogP contribution in [0.15, 0.2) is 36.5 Å². The highest BCUT2D eigenvalue weighted by Crippen LogP contribution is 2.42. The Labute approximate surface area is 356 Å². The first-order valence-corrected chi connectivity index (χ1v) is 21.9. The second-order valence-corrected chi connectivity index (χ2v) is 18.1. The lowest BCUT2D eigenvalue weighted by molar-refractivity contribution is -0.295. The molecule has 3 saturated heterocycles. The number of cyclic esters (lactones) is 1. The average molecular weight is 839 g/mol. The van der Waals surface area contributed by atoms with Crippen LogP contribution in [0.25, 0.3) is 10.9 Å². The third-order valence-corrected chi connectivity index (χ3v) is 13.5. The molecule has 1 amide bonds. The molecule has 0 saturated carbocycles. The van der Waals surface area contributed by atoms with E-state index in [-0.39, 0.29) is 30.8 Å². The number of hydrogen-bond acceptors (Lipinski definition) is 13. The Bertz CT molecular complexity index is 1810. The van der Waals surface area contributed by atoms with E-state index in [1.54, 1.807) is 27.7 Å². The number of Topliss-reactive ketones (excluding diaryl/α,β-unsaturated/α-hetero) is 2. The van der Waals surface area contributed by atoms with E-state index in [2.05, 4.69) is 22.5 Å². The van der Waals surface area contributed by atoms with Crippen LogP contribution in [0, 0.1) is 23.7 Å². The van der Waals surface area contributed by atoms with E-state index in [1.807, 2.05) is 64.2 Å². The number of methoxy groups -OCH3 is 1. The van der Waals surface area contributed by atoms with Gasteiger partial charge in [-0.3, -0.25) is 19.4 Å². The fourth-order valence-corrected chi connectivity index (χ4v) is 9.90. The molecule has 5 rings (SSSR count). The Morgan fingerprint density at radius 3 is 2.35 bits per heavy atom. The molecule has 4 heterocycles. The van der Waals surface area contributed by atoms with Crippen molar-refractivity contribution >= 4 is 34.5 Å². The number of aliphatic hydroxyl groups is 1. The molecule has 334 valence electrons. The molecule has 0 unspecified atom stereocenters. The number of pyridine rings is 1. The fraction of sp³-hybridized carbons (Fsp3) is 0.717.